The molecule has 0 bridgehead atoms. The van der Waals surface area contributed by atoms with E-state index in [9.17, 15) is 26.3 Å². The van der Waals surface area contributed by atoms with E-state index < -0.39 is 23.5 Å². The monoisotopic (exact) mass is 520 g/mol. The van der Waals surface area contributed by atoms with Crippen molar-refractivity contribution in [2.24, 2.45) is 0 Å². The Bertz CT molecular complexity index is 1130. The molecule has 1 unspecified atom stereocenters. The van der Waals surface area contributed by atoms with Gasteiger partial charge >= 0.3 is 12.4 Å². The van der Waals surface area contributed by atoms with E-state index in [1.165, 1.54) is 5.56 Å². The second kappa shape index (κ2) is 11.2. The van der Waals surface area contributed by atoms with Crippen molar-refractivity contribution in [3.05, 3.63) is 107 Å². The molecule has 1 atom stereocenters. The molecule has 1 aliphatic rings. The Kier molecular flexibility index (Phi) is 8.17. The Morgan fingerprint density at radius 1 is 0.838 bits per heavy atom. The largest absolute Gasteiger partial charge is 0.496 e. The maximum Gasteiger partial charge on any atom is 0.416 e. The van der Waals surface area contributed by atoms with Crippen LogP contribution in [0.5, 0.6) is 5.75 Å². The molecule has 1 radical (unpaired) electrons. The van der Waals surface area contributed by atoms with Crippen LogP contribution in [-0.4, -0.2) is 25.1 Å². The van der Waals surface area contributed by atoms with Crippen molar-refractivity contribution in [3.63, 3.8) is 0 Å². The van der Waals surface area contributed by atoms with Gasteiger partial charge in [0.05, 0.1) is 18.2 Å². The molecule has 0 amide bonds. The van der Waals surface area contributed by atoms with Gasteiger partial charge in [-0.1, -0.05) is 48.5 Å². The number of nitrogens with zero attached hydrogens (tertiary/aromatic N) is 1. The van der Waals surface area contributed by atoms with E-state index in [2.05, 4.69) is 17.0 Å². The van der Waals surface area contributed by atoms with Crippen LogP contribution in [0.25, 0.3) is 0 Å². The van der Waals surface area contributed by atoms with E-state index in [1.54, 1.807) is 19.6 Å². The van der Waals surface area contributed by atoms with Crippen LogP contribution in [0.3, 0.4) is 0 Å². The van der Waals surface area contributed by atoms with Gasteiger partial charge < -0.3 is 4.74 Å². The van der Waals surface area contributed by atoms with Gasteiger partial charge in [0.25, 0.3) is 0 Å². The zero-order chi connectivity index (χ0) is 26.6. The van der Waals surface area contributed by atoms with E-state index in [1.807, 2.05) is 36.4 Å². The number of para-hydroxylation sites is 1. The number of ether oxygens (including phenoxy) is 1. The molecular formula is C29H28F6NO. The van der Waals surface area contributed by atoms with Crippen molar-refractivity contribution in [1.82, 2.24) is 4.90 Å². The zero-order valence-electron chi connectivity index (χ0n) is 20.3. The first-order valence-electron chi connectivity index (χ1n) is 12.1. The number of methoxy groups -OCH3 is 1. The van der Waals surface area contributed by atoms with Crippen LogP contribution in [0, 0.1) is 6.42 Å². The van der Waals surface area contributed by atoms with Crippen LogP contribution in [0.1, 0.15) is 52.6 Å². The third-order valence-electron chi connectivity index (χ3n) is 6.88. The van der Waals surface area contributed by atoms with Crippen molar-refractivity contribution in [2.45, 2.75) is 43.6 Å². The lowest BCUT2D eigenvalue weighted by Gasteiger charge is -2.38. The molecule has 0 saturated carbocycles. The summed E-state index contributed by atoms with van der Waals surface area (Å²) in [5.74, 6) is 1.02. The third kappa shape index (κ3) is 6.66. The average Bonchev–Trinajstić information content (AvgIpc) is 2.89. The first-order chi connectivity index (χ1) is 17.6. The number of halogens is 6. The van der Waals surface area contributed by atoms with Crippen molar-refractivity contribution in [2.75, 3.05) is 20.2 Å². The molecule has 0 aromatic heterocycles. The number of likely N-dealkylation sites (tertiary alicyclic amines) is 1. The highest BCUT2D eigenvalue weighted by atomic mass is 19.4. The Morgan fingerprint density at radius 2 is 1.41 bits per heavy atom. The van der Waals surface area contributed by atoms with Gasteiger partial charge in [0.15, 0.2) is 0 Å². The number of alkyl halides is 6. The lowest BCUT2D eigenvalue weighted by molar-refractivity contribution is -0.143. The smallest absolute Gasteiger partial charge is 0.416 e. The van der Waals surface area contributed by atoms with Crippen molar-refractivity contribution in [1.29, 1.82) is 0 Å². The van der Waals surface area contributed by atoms with Crippen molar-refractivity contribution < 1.29 is 31.1 Å². The van der Waals surface area contributed by atoms with Gasteiger partial charge in [-0.15, -0.1) is 0 Å². The van der Waals surface area contributed by atoms with Crippen LogP contribution in [0.15, 0.2) is 72.8 Å². The highest BCUT2D eigenvalue weighted by Crippen LogP contribution is 2.39. The number of hydrogen-bond donors (Lipinski definition) is 0. The Labute approximate surface area is 212 Å². The molecule has 1 saturated heterocycles. The number of hydrogen-bond acceptors (Lipinski definition) is 2. The fourth-order valence-corrected chi connectivity index (χ4v) is 5.00. The Morgan fingerprint density at radius 3 is 1.97 bits per heavy atom. The predicted molar refractivity (Wildman–Crippen MR) is 130 cm³/mol. The predicted octanol–water partition coefficient (Wildman–Crippen LogP) is 8.10. The molecule has 2 nitrogen and oxygen atoms in total. The minimum atomic E-state index is -4.88. The highest BCUT2D eigenvalue weighted by Gasteiger charge is 2.37. The molecule has 3 aromatic rings. The summed E-state index contributed by atoms with van der Waals surface area (Å²) in [6, 6.07) is 19.0. The topological polar surface area (TPSA) is 12.5 Å². The maximum atomic E-state index is 13.4. The summed E-state index contributed by atoms with van der Waals surface area (Å²) in [6.07, 6.45) is -6.24. The standard InChI is InChI=1S/C29H28F6NO/c1-37-27-10-6-5-9-25(27)26(36-15-13-22(14-16-36)21-7-3-2-4-8-21)12-11-20-17-23(28(30,31)32)19-24(18-20)29(33,34)35/h2-10,12,17-19,22,26H,11,13-16H2,1H3. The van der Waals surface area contributed by atoms with Gasteiger partial charge in [0.1, 0.15) is 5.75 Å². The van der Waals surface area contributed by atoms with E-state index >= 15 is 0 Å². The molecule has 0 aliphatic carbocycles. The van der Waals surface area contributed by atoms with Crippen molar-refractivity contribution >= 4 is 0 Å². The van der Waals surface area contributed by atoms with Crippen LogP contribution in [0.4, 0.5) is 26.3 Å². The molecule has 0 spiro atoms. The minimum Gasteiger partial charge on any atom is -0.496 e. The zero-order valence-corrected chi connectivity index (χ0v) is 20.3. The van der Waals surface area contributed by atoms with Crippen LogP contribution in [0.2, 0.25) is 0 Å². The number of piperidine rings is 1. The lowest BCUT2D eigenvalue weighted by Crippen LogP contribution is -2.37. The Hall–Kier alpha value is -3.00. The fraction of sp³-hybridized carbons (Fsp3) is 0.345. The SMILES string of the molecule is COc1ccccc1C([CH]Cc1cc(C(F)(F)F)cc(C(F)(F)F)c1)N1CCC(c2ccccc2)CC1. The van der Waals surface area contributed by atoms with Gasteiger partial charge in [0.2, 0.25) is 0 Å². The van der Waals surface area contributed by atoms with Gasteiger partial charge in [-0.25, -0.2) is 0 Å². The molecule has 3 aromatic carbocycles. The minimum absolute atomic E-state index is 0.0405. The lowest BCUT2D eigenvalue weighted by atomic mass is 9.87. The Balaban J connectivity index is 1.59. The number of rotatable bonds is 7. The van der Waals surface area contributed by atoms with Crippen LogP contribution in [-0.2, 0) is 18.8 Å². The molecule has 1 fully saturated rings. The summed E-state index contributed by atoms with van der Waals surface area (Å²) < 4.78 is 85.7. The molecule has 1 aliphatic heterocycles. The van der Waals surface area contributed by atoms with Crippen LogP contribution >= 0.6 is 0 Å². The van der Waals surface area contributed by atoms with Gasteiger partial charge in [-0.05, 0) is 80.1 Å². The van der Waals surface area contributed by atoms with Gasteiger partial charge in [-0.2, -0.15) is 26.3 Å². The molecule has 197 valence electrons. The molecule has 4 rings (SSSR count). The van der Waals surface area contributed by atoms with Gasteiger partial charge in [-0.3, -0.25) is 4.90 Å². The second-order valence-electron chi connectivity index (χ2n) is 9.26. The summed E-state index contributed by atoms with van der Waals surface area (Å²) in [5, 5.41) is 0. The molecule has 0 N–H and O–H groups in total. The highest BCUT2D eigenvalue weighted by molar-refractivity contribution is 5.39. The normalized spacial score (nSPS) is 16.5. The molecule has 1 heterocycles. The summed E-state index contributed by atoms with van der Waals surface area (Å²) in [4.78, 5) is 2.22. The first kappa shape index (κ1) is 27.0. The van der Waals surface area contributed by atoms with E-state index in [0.29, 0.717) is 11.7 Å². The summed E-state index contributed by atoms with van der Waals surface area (Å²) >= 11 is 0. The van der Waals surface area contributed by atoms with E-state index in [-0.39, 0.29) is 24.1 Å². The molecular weight excluding hydrogens is 492 g/mol. The maximum absolute atomic E-state index is 13.4. The quantitative estimate of drug-likeness (QED) is 0.292. The fourth-order valence-electron chi connectivity index (χ4n) is 5.00. The van der Waals surface area contributed by atoms with Crippen LogP contribution < -0.4 is 4.74 Å². The molecule has 37 heavy (non-hydrogen) atoms. The number of benzene rings is 3. The summed E-state index contributed by atoms with van der Waals surface area (Å²) in [6.45, 7) is 1.46. The summed E-state index contributed by atoms with van der Waals surface area (Å²) in [7, 11) is 1.54. The van der Waals surface area contributed by atoms with Crippen molar-refractivity contribution in [3.8, 4) is 5.75 Å². The van der Waals surface area contributed by atoms with E-state index in [4.69, 9.17) is 4.74 Å². The first-order valence-corrected chi connectivity index (χ1v) is 12.1. The third-order valence-corrected chi connectivity index (χ3v) is 6.88. The second-order valence-corrected chi connectivity index (χ2v) is 9.26. The summed E-state index contributed by atoms with van der Waals surface area (Å²) in [5.41, 5.74) is -0.553. The van der Waals surface area contributed by atoms with Gasteiger partial charge in [0, 0.05) is 11.6 Å². The van der Waals surface area contributed by atoms with E-state index in [0.717, 1.165) is 43.6 Å². The molecule has 8 heteroatoms. The average molecular weight is 521 g/mol.